The van der Waals surface area contributed by atoms with E-state index >= 15 is 0 Å². The van der Waals surface area contributed by atoms with Crippen LogP contribution < -0.4 is 5.32 Å². The zero-order valence-electron chi connectivity index (χ0n) is 11.1. The van der Waals surface area contributed by atoms with Crippen molar-refractivity contribution in [1.29, 1.82) is 0 Å². The zero-order valence-corrected chi connectivity index (χ0v) is 12.0. The van der Waals surface area contributed by atoms with E-state index in [0.717, 1.165) is 17.7 Å². The Morgan fingerprint density at radius 1 is 1.68 bits per heavy atom. The number of pyridine rings is 1. The molecular formula is C13H18FN3OS. The number of aromatic nitrogens is 1. The monoisotopic (exact) mass is 283 g/mol. The first-order chi connectivity index (χ1) is 9.13. The van der Waals surface area contributed by atoms with Crippen molar-refractivity contribution in [2.45, 2.75) is 19.9 Å². The van der Waals surface area contributed by atoms with Gasteiger partial charge in [0.2, 0.25) is 0 Å². The summed E-state index contributed by atoms with van der Waals surface area (Å²) in [5.41, 5.74) is 0.320. The molecule has 0 aliphatic carbocycles. The van der Waals surface area contributed by atoms with Crippen molar-refractivity contribution in [2.24, 2.45) is 0 Å². The first-order valence-electron chi connectivity index (χ1n) is 6.41. The highest BCUT2D eigenvalue weighted by Crippen LogP contribution is 2.22. The van der Waals surface area contributed by atoms with Crippen LogP contribution in [0.2, 0.25) is 0 Å². The van der Waals surface area contributed by atoms with Crippen LogP contribution in [0.4, 0.5) is 10.2 Å². The summed E-state index contributed by atoms with van der Waals surface area (Å²) in [4.78, 5) is 18.3. The number of rotatable bonds is 3. The maximum Gasteiger partial charge on any atom is 0.258 e. The smallest absolute Gasteiger partial charge is 0.258 e. The number of amides is 1. The Morgan fingerprint density at radius 2 is 2.47 bits per heavy atom. The number of anilines is 1. The molecule has 1 aliphatic rings. The van der Waals surface area contributed by atoms with Crippen molar-refractivity contribution in [3.05, 3.63) is 23.6 Å². The molecule has 104 valence electrons. The Balaban J connectivity index is 2.28. The molecule has 2 heterocycles. The summed E-state index contributed by atoms with van der Waals surface area (Å²) in [6, 6.07) is 1.44. The molecule has 0 bridgehead atoms. The van der Waals surface area contributed by atoms with E-state index in [4.69, 9.17) is 0 Å². The van der Waals surface area contributed by atoms with Gasteiger partial charge < -0.3 is 10.2 Å². The SMILES string of the molecule is CCNc1ncc(F)cc1C(=O)N1CCSCC1C. The van der Waals surface area contributed by atoms with Crippen molar-refractivity contribution in [1.82, 2.24) is 9.88 Å². The molecule has 1 saturated heterocycles. The number of hydrogen-bond donors (Lipinski definition) is 1. The molecule has 1 aliphatic heterocycles. The molecule has 0 radical (unpaired) electrons. The minimum Gasteiger partial charge on any atom is -0.370 e. The molecule has 0 aromatic carbocycles. The molecule has 6 heteroatoms. The number of carbonyl (C=O) groups is 1. The van der Waals surface area contributed by atoms with Gasteiger partial charge in [0.1, 0.15) is 11.6 Å². The average Bonchev–Trinajstić information content (AvgIpc) is 2.41. The minimum atomic E-state index is -0.482. The van der Waals surface area contributed by atoms with Crippen molar-refractivity contribution >= 4 is 23.5 Å². The van der Waals surface area contributed by atoms with Crippen molar-refractivity contribution < 1.29 is 9.18 Å². The Bertz CT molecular complexity index is 469. The lowest BCUT2D eigenvalue weighted by Crippen LogP contribution is -2.44. The number of carbonyl (C=O) groups excluding carboxylic acids is 1. The number of hydrogen-bond acceptors (Lipinski definition) is 4. The summed E-state index contributed by atoms with van der Waals surface area (Å²) >= 11 is 1.84. The van der Waals surface area contributed by atoms with Crippen molar-refractivity contribution in [3.8, 4) is 0 Å². The van der Waals surface area contributed by atoms with Crippen LogP contribution in [0.3, 0.4) is 0 Å². The third-order valence-electron chi connectivity index (χ3n) is 3.06. The Labute approximate surface area is 116 Å². The van der Waals surface area contributed by atoms with Gasteiger partial charge in [-0.3, -0.25) is 4.79 Å². The van der Waals surface area contributed by atoms with Crippen LogP contribution in [0.25, 0.3) is 0 Å². The number of nitrogens with zero attached hydrogens (tertiary/aromatic N) is 2. The molecule has 19 heavy (non-hydrogen) atoms. The molecular weight excluding hydrogens is 265 g/mol. The fourth-order valence-corrected chi connectivity index (χ4v) is 3.11. The van der Waals surface area contributed by atoms with E-state index in [1.807, 2.05) is 25.6 Å². The highest BCUT2D eigenvalue weighted by Gasteiger charge is 2.26. The molecule has 1 aromatic rings. The first kappa shape index (κ1) is 14.1. The van der Waals surface area contributed by atoms with E-state index in [0.29, 0.717) is 24.5 Å². The van der Waals surface area contributed by atoms with Crippen LogP contribution >= 0.6 is 11.8 Å². The minimum absolute atomic E-state index is 0.143. The maximum absolute atomic E-state index is 13.3. The fourth-order valence-electron chi connectivity index (χ4n) is 2.09. The predicted octanol–water partition coefficient (Wildman–Crippen LogP) is 2.23. The quantitative estimate of drug-likeness (QED) is 0.924. The van der Waals surface area contributed by atoms with Gasteiger partial charge in [-0.25, -0.2) is 9.37 Å². The first-order valence-corrected chi connectivity index (χ1v) is 7.57. The molecule has 1 unspecified atom stereocenters. The van der Waals surface area contributed by atoms with Crippen LogP contribution in [0.15, 0.2) is 12.3 Å². The van der Waals surface area contributed by atoms with Gasteiger partial charge in [-0.2, -0.15) is 11.8 Å². The standard InChI is InChI=1S/C13H18FN3OS/c1-3-15-12-11(6-10(14)7-16-12)13(18)17-4-5-19-8-9(17)2/h6-7,9H,3-5,8H2,1-2H3,(H,15,16). The Kier molecular flexibility index (Phi) is 4.63. The largest absolute Gasteiger partial charge is 0.370 e. The van der Waals surface area contributed by atoms with Crippen LogP contribution in [0.1, 0.15) is 24.2 Å². The normalized spacial score (nSPS) is 19.3. The molecule has 4 nitrogen and oxygen atoms in total. The van der Waals surface area contributed by atoms with Crippen LogP contribution in [-0.4, -0.2) is 46.4 Å². The van der Waals surface area contributed by atoms with Gasteiger partial charge in [0.05, 0.1) is 11.8 Å². The Morgan fingerprint density at radius 3 is 3.16 bits per heavy atom. The third-order valence-corrected chi connectivity index (χ3v) is 4.25. The molecule has 1 atom stereocenters. The van der Waals surface area contributed by atoms with Crippen LogP contribution in [0, 0.1) is 5.82 Å². The van der Waals surface area contributed by atoms with Gasteiger partial charge in [-0.1, -0.05) is 0 Å². The van der Waals surface area contributed by atoms with Crippen LogP contribution in [-0.2, 0) is 0 Å². The lowest BCUT2D eigenvalue weighted by molar-refractivity contribution is 0.0716. The summed E-state index contributed by atoms with van der Waals surface area (Å²) in [5.74, 6) is 1.68. The van der Waals surface area contributed by atoms with E-state index in [1.165, 1.54) is 6.07 Å². The van der Waals surface area contributed by atoms with Gasteiger partial charge in [0.25, 0.3) is 5.91 Å². The second-order valence-electron chi connectivity index (χ2n) is 4.50. The lowest BCUT2D eigenvalue weighted by atomic mass is 10.2. The predicted molar refractivity (Wildman–Crippen MR) is 76.2 cm³/mol. The van der Waals surface area contributed by atoms with Gasteiger partial charge in [0, 0.05) is 30.6 Å². The third kappa shape index (κ3) is 3.18. The summed E-state index contributed by atoms with van der Waals surface area (Å²) < 4.78 is 13.3. The molecule has 0 saturated carbocycles. The molecule has 0 spiro atoms. The summed E-state index contributed by atoms with van der Waals surface area (Å²) in [5, 5.41) is 3.01. The topological polar surface area (TPSA) is 45.2 Å². The number of thioether (sulfide) groups is 1. The van der Waals surface area contributed by atoms with Gasteiger partial charge in [-0.05, 0) is 19.9 Å². The summed E-state index contributed by atoms with van der Waals surface area (Å²) in [6.45, 7) is 5.28. The Hall–Kier alpha value is -1.30. The number of halogens is 1. The summed E-state index contributed by atoms with van der Waals surface area (Å²) in [7, 11) is 0. The molecule has 1 fully saturated rings. The van der Waals surface area contributed by atoms with E-state index < -0.39 is 5.82 Å². The van der Waals surface area contributed by atoms with E-state index in [-0.39, 0.29) is 11.9 Å². The zero-order chi connectivity index (χ0) is 13.8. The van der Waals surface area contributed by atoms with Gasteiger partial charge in [-0.15, -0.1) is 0 Å². The summed E-state index contributed by atoms with van der Waals surface area (Å²) in [6.07, 6.45) is 1.13. The fraction of sp³-hybridized carbons (Fsp3) is 0.538. The van der Waals surface area contributed by atoms with Crippen molar-refractivity contribution in [3.63, 3.8) is 0 Å². The van der Waals surface area contributed by atoms with Gasteiger partial charge >= 0.3 is 0 Å². The molecule has 1 N–H and O–H groups in total. The maximum atomic E-state index is 13.3. The molecule has 1 aromatic heterocycles. The molecule has 1 amide bonds. The van der Waals surface area contributed by atoms with Gasteiger partial charge in [0.15, 0.2) is 0 Å². The average molecular weight is 283 g/mol. The lowest BCUT2D eigenvalue weighted by Gasteiger charge is -2.33. The van der Waals surface area contributed by atoms with E-state index in [1.54, 1.807) is 4.90 Å². The highest BCUT2D eigenvalue weighted by molar-refractivity contribution is 7.99. The van der Waals surface area contributed by atoms with Crippen LogP contribution in [0.5, 0.6) is 0 Å². The number of nitrogens with one attached hydrogen (secondary N) is 1. The second-order valence-corrected chi connectivity index (χ2v) is 5.65. The highest BCUT2D eigenvalue weighted by atomic mass is 32.2. The van der Waals surface area contributed by atoms with E-state index in [2.05, 4.69) is 10.3 Å². The van der Waals surface area contributed by atoms with Crippen molar-refractivity contribution in [2.75, 3.05) is 29.9 Å². The second kappa shape index (κ2) is 6.23. The molecule has 2 rings (SSSR count). The van der Waals surface area contributed by atoms with E-state index in [9.17, 15) is 9.18 Å².